The smallest absolute Gasteiger partial charge is 0.0111 e. The highest BCUT2D eigenvalue weighted by molar-refractivity contribution is 4.93. The Balaban J connectivity index is 1.43. The van der Waals surface area contributed by atoms with E-state index < -0.39 is 0 Å². The maximum absolute atomic E-state index is 3.93. The zero-order chi connectivity index (χ0) is 13.1. The molecular weight excluding hydrogens is 234 g/mol. The number of nitrogens with zero attached hydrogens (tertiary/aromatic N) is 1. The van der Waals surface area contributed by atoms with Crippen molar-refractivity contribution in [3.63, 3.8) is 0 Å². The molecule has 0 amide bonds. The summed E-state index contributed by atoms with van der Waals surface area (Å²) in [5.74, 6) is 1.84. The molecule has 1 saturated carbocycles. The Morgan fingerprint density at radius 3 is 2.63 bits per heavy atom. The molecule has 0 bridgehead atoms. The van der Waals surface area contributed by atoms with E-state index in [9.17, 15) is 0 Å². The van der Waals surface area contributed by atoms with Crippen molar-refractivity contribution in [2.24, 2.45) is 11.8 Å². The van der Waals surface area contributed by atoms with E-state index in [1.54, 1.807) is 0 Å². The van der Waals surface area contributed by atoms with Crippen LogP contribution in [0.15, 0.2) is 0 Å². The lowest BCUT2D eigenvalue weighted by atomic mass is 9.91. The van der Waals surface area contributed by atoms with Gasteiger partial charge in [0.25, 0.3) is 0 Å². The van der Waals surface area contributed by atoms with Gasteiger partial charge in [-0.1, -0.05) is 6.42 Å². The van der Waals surface area contributed by atoms with E-state index in [0.29, 0.717) is 0 Å². The van der Waals surface area contributed by atoms with E-state index in [1.165, 1.54) is 71.1 Å². The van der Waals surface area contributed by atoms with Crippen LogP contribution in [0.25, 0.3) is 0 Å². The third kappa shape index (κ3) is 3.50. The molecule has 2 N–H and O–H groups in total. The Morgan fingerprint density at radius 2 is 1.89 bits per heavy atom. The Kier molecular flexibility index (Phi) is 4.78. The molecule has 1 aliphatic carbocycles. The van der Waals surface area contributed by atoms with Gasteiger partial charge in [0.1, 0.15) is 0 Å². The van der Waals surface area contributed by atoms with Crippen molar-refractivity contribution in [2.75, 3.05) is 33.2 Å². The molecule has 19 heavy (non-hydrogen) atoms. The average Bonchev–Trinajstić information content (AvgIpc) is 3.08. The van der Waals surface area contributed by atoms with Crippen LogP contribution in [0, 0.1) is 11.8 Å². The highest BCUT2D eigenvalue weighted by Gasteiger charge is 2.34. The van der Waals surface area contributed by atoms with Gasteiger partial charge < -0.3 is 15.5 Å². The lowest BCUT2D eigenvalue weighted by Crippen LogP contribution is -2.44. The molecular formula is C16H31N3. The molecule has 3 rings (SSSR count). The van der Waals surface area contributed by atoms with Gasteiger partial charge in [-0.2, -0.15) is 0 Å². The molecule has 2 heterocycles. The van der Waals surface area contributed by atoms with Gasteiger partial charge in [-0.15, -0.1) is 0 Å². The van der Waals surface area contributed by atoms with E-state index in [1.807, 2.05) is 0 Å². The lowest BCUT2D eigenvalue weighted by Gasteiger charge is -2.32. The molecule has 3 fully saturated rings. The van der Waals surface area contributed by atoms with Gasteiger partial charge in [0, 0.05) is 12.1 Å². The van der Waals surface area contributed by atoms with Crippen molar-refractivity contribution in [3.05, 3.63) is 0 Å². The van der Waals surface area contributed by atoms with Crippen LogP contribution in [0.2, 0.25) is 0 Å². The first-order valence-corrected chi connectivity index (χ1v) is 8.48. The summed E-state index contributed by atoms with van der Waals surface area (Å²) in [5, 5.41) is 7.66. The largest absolute Gasteiger partial charge is 0.314 e. The predicted molar refractivity (Wildman–Crippen MR) is 80.4 cm³/mol. The Morgan fingerprint density at radius 1 is 1.05 bits per heavy atom. The first-order chi connectivity index (χ1) is 9.33. The summed E-state index contributed by atoms with van der Waals surface area (Å²) in [4.78, 5) is 2.47. The molecule has 3 aliphatic rings. The number of hydrogen-bond donors (Lipinski definition) is 2. The van der Waals surface area contributed by atoms with Gasteiger partial charge in [-0.05, 0) is 83.6 Å². The van der Waals surface area contributed by atoms with E-state index in [0.717, 1.165) is 23.9 Å². The van der Waals surface area contributed by atoms with Crippen molar-refractivity contribution in [3.8, 4) is 0 Å². The standard InChI is InChI=1S/C16H31N3/c1-19-10-7-13(8-11-19)12-18-16-5-2-4-14(16)15-6-3-9-17-15/h13-18H,2-12H2,1H3. The molecule has 2 saturated heterocycles. The number of rotatable bonds is 4. The van der Waals surface area contributed by atoms with Crippen LogP contribution in [0.1, 0.15) is 44.9 Å². The monoisotopic (exact) mass is 265 g/mol. The lowest BCUT2D eigenvalue weighted by molar-refractivity contribution is 0.206. The molecule has 3 nitrogen and oxygen atoms in total. The molecule has 0 radical (unpaired) electrons. The van der Waals surface area contributed by atoms with Crippen LogP contribution >= 0.6 is 0 Å². The fourth-order valence-electron chi connectivity index (χ4n) is 4.38. The highest BCUT2D eigenvalue weighted by Crippen LogP contribution is 2.32. The molecule has 0 aromatic heterocycles. The van der Waals surface area contributed by atoms with Crippen LogP contribution in [-0.2, 0) is 0 Å². The first-order valence-electron chi connectivity index (χ1n) is 8.48. The van der Waals surface area contributed by atoms with Crippen LogP contribution < -0.4 is 10.6 Å². The van der Waals surface area contributed by atoms with Gasteiger partial charge in [-0.3, -0.25) is 0 Å². The normalized spacial score (nSPS) is 38.1. The summed E-state index contributed by atoms with van der Waals surface area (Å²) in [5.41, 5.74) is 0. The number of piperidine rings is 1. The summed E-state index contributed by atoms with van der Waals surface area (Å²) in [6.07, 6.45) is 9.89. The molecule has 110 valence electrons. The minimum absolute atomic E-state index is 0.801. The minimum atomic E-state index is 0.801. The molecule has 3 heteroatoms. The Hall–Kier alpha value is -0.120. The third-order valence-electron chi connectivity index (χ3n) is 5.69. The predicted octanol–water partition coefficient (Wildman–Crippen LogP) is 1.84. The van der Waals surface area contributed by atoms with Gasteiger partial charge in [0.15, 0.2) is 0 Å². The average molecular weight is 265 g/mol. The first kappa shape index (κ1) is 13.8. The number of likely N-dealkylation sites (tertiary alicyclic amines) is 1. The summed E-state index contributed by atoms with van der Waals surface area (Å²) in [7, 11) is 2.25. The van der Waals surface area contributed by atoms with Crippen LogP contribution in [0.5, 0.6) is 0 Å². The maximum Gasteiger partial charge on any atom is 0.0111 e. The van der Waals surface area contributed by atoms with E-state index in [2.05, 4.69) is 22.6 Å². The number of hydrogen-bond acceptors (Lipinski definition) is 3. The van der Waals surface area contributed by atoms with Crippen LogP contribution in [-0.4, -0.2) is 50.2 Å². The quantitative estimate of drug-likeness (QED) is 0.812. The fraction of sp³-hybridized carbons (Fsp3) is 1.00. The molecule has 2 aliphatic heterocycles. The second kappa shape index (κ2) is 6.55. The second-order valence-corrected chi connectivity index (χ2v) is 7.06. The summed E-state index contributed by atoms with van der Waals surface area (Å²) in [6, 6.07) is 1.62. The van der Waals surface area contributed by atoms with Gasteiger partial charge in [0.05, 0.1) is 0 Å². The summed E-state index contributed by atoms with van der Waals surface area (Å²) >= 11 is 0. The second-order valence-electron chi connectivity index (χ2n) is 7.06. The fourth-order valence-corrected chi connectivity index (χ4v) is 4.38. The minimum Gasteiger partial charge on any atom is -0.314 e. The third-order valence-corrected chi connectivity index (χ3v) is 5.69. The number of nitrogens with one attached hydrogen (secondary N) is 2. The SMILES string of the molecule is CN1CCC(CNC2CCCC2C2CCCN2)CC1. The maximum atomic E-state index is 3.93. The molecule has 3 unspecified atom stereocenters. The van der Waals surface area contributed by atoms with Crippen molar-refractivity contribution in [2.45, 2.75) is 57.0 Å². The van der Waals surface area contributed by atoms with E-state index >= 15 is 0 Å². The summed E-state index contributed by atoms with van der Waals surface area (Å²) < 4.78 is 0. The highest BCUT2D eigenvalue weighted by atomic mass is 15.1. The topological polar surface area (TPSA) is 27.3 Å². The van der Waals surface area contributed by atoms with Gasteiger partial charge in [0.2, 0.25) is 0 Å². The Labute approximate surface area is 118 Å². The zero-order valence-corrected chi connectivity index (χ0v) is 12.5. The summed E-state index contributed by atoms with van der Waals surface area (Å²) in [6.45, 7) is 5.11. The Bertz CT molecular complexity index is 267. The van der Waals surface area contributed by atoms with Crippen molar-refractivity contribution >= 4 is 0 Å². The van der Waals surface area contributed by atoms with E-state index in [4.69, 9.17) is 0 Å². The van der Waals surface area contributed by atoms with E-state index in [-0.39, 0.29) is 0 Å². The molecule has 0 spiro atoms. The van der Waals surface area contributed by atoms with Crippen LogP contribution in [0.4, 0.5) is 0 Å². The van der Waals surface area contributed by atoms with Crippen molar-refractivity contribution in [1.29, 1.82) is 0 Å². The van der Waals surface area contributed by atoms with Crippen LogP contribution in [0.3, 0.4) is 0 Å². The van der Waals surface area contributed by atoms with Gasteiger partial charge >= 0.3 is 0 Å². The van der Waals surface area contributed by atoms with Gasteiger partial charge in [-0.25, -0.2) is 0 Å². The molecule has 0 aromatic rings. The molecule has 0 aromatic carbocycles. The molecule has 3 atom stereocenters. The zero-order valence-electron chi connectivity index (χ0n) is 12.5. The van der Waals surface area contributed by atoms with Crippen molar-refractivity contribution in [1.82, 2.24) is 15.5 Å². The van der Waals surface area contributed by atoms with Crippen molar-refractivity contribution < 1.29 is 0 Å².